The molecule has 0 unspecified atom stereocenters. The summed E-state index contributed by atoms with van der Waals surface area (Å²) >= 11 is 0. The molecule has 1 fully saturated rings. The van der Waals surface area contributed by atoms with Gasteiger partial charge in [-0.1, -0.05) is 6.07 Å². The second-order valence-electron chi connectivity index (χ2n) is 4.02. The first-order valence-electron chi connectivity index (χ1n) is 5.12. The number of hydrogen-bond donors (Lipinski definition) is 1. The lowest BCUT2D eigenvalue weighted by atomic mass is 9.99. The first-order chi connectivity index (χ1) is 7.15. The van der Waals surface area contributed by atoms with E-state index in [-0.39, 0.29) is 0 Å². The SMILES string of the molecule is COc1c(C(N)=O)ccc(C)c1C1CC1. The largest absolute Gasteiger partial charge is 0.496 e. The van der Waals surface area contributed by atoms with Gasteiger partial charge in [0.15, 0.2) is 0 Å². The number of aryl methyl sites for hydroxylation is 1. The molecule has 0 heterocycles. The molecule has 0 aliphatic heterocycles. The molecule has 1 aromatic carbocycles. The normalized spacial score (nSPS) is 15.1. The second-order valence-corrected chi connectivity index (χ2v) is 4.02. The first kappa shape index (κ1) is 10.0. The van der Waals surface area contributed by atoms with Gasteiger partial charge >= 0.3 is 0 Å². The number of carbonyl (C=O) groups is 1. The van der Waals surface area contributed by atoms with Gasteiger partial charge in [0, 0.05) is 5.56 Å². The summed E-state index contributed by atoms with van der Waals surface area (Å²) in [5.74, 6) is 0.804. The Kier molecular flexibility index (Phi) is 2.39. The van der Waals surface area contributed by atoms with Gasteiger partial charge in [0.05, 0.1) is 12.7 Å². The molecular formula is C12H15NO2. The van der Waals surface area contributed by atoms with E-state index in [2.05, 4.69) is 0 Å². The minimum absolute atomic E-state index is 0.422. The van der Waals surface area contributed by atoms with Gasteiger partial charge in [0.2, 0.25) is 0 Å². The van der Waals surface area contributed by atoms with E-state index in [1.165, 1.54) is 18.4 Å². The third kappa shape index (κ3) is 1.69. The van der Waals surface area contributed by atoms with Crippen molar-refractivity contribution in [3.8, 4) is 5.75 Å². The van der Waals surface area contributed by atoms with E-state index < -0.39 is 5.91 Å². The van der Waals surface area contributed by atoms with Crippen molar-refractivity contribution < 1.29 is 9.53 Å². The monoisotopic (exact) mass is 205 g/mol. The number of carbonyl (C=O) groups excluding carboxylic acids is 1. The Bertz CT molecular complexity index is 408. The minimum Gasteiger partial charge on any atom is -0.496 e. The van der Waals surface area contributed by atoms with Crippen LogP contribution in [-0.4, -0.2) is 13.0 Å². The van der Waals surface area contributed by atoms with Gasteiger partial charge in [0.1, 0.15) is 5.75 Å². The third-order valence-corrected chi connectivity index (χ3v) is 2.87. The zero-order valence-electron chi connectivity index (χ0n) is 9.04. The smallest absolute Gasteiger partial charge is 0.252 e. The lowest BCUT2D eigenvalue weighted by Gasteiger charge is -2.13. The van der Waals surface area contributed by atoms with Crippen LogP contribution in [0.15, 0.2) is 12.1 Å². The number of methoxy groups -OCH3 is 1. The third-order valence-electron chi connectivity index (χ3n) is 2.87. The number of rotatable bonds is 3. The van der Waals surface area contributed by atoms with Crippen LogP contribution in [0.1, 0.15) is 40.2 Å². The Labute approximate surface area is 89.2 Å². The molecule has 0 bridgehead atoms. The molecule has 1 aliphatic rings. The molecule has 3 heteroatoms. The van der Waals surface area contributed by atoms with Gasteiger partial charge in [0.25, 0.3) is 5.91 Å². The number of amides is 1. The number of ether oxygens (including phenoxy) is 1. The van der Waals surface area contributed by atoms with Crippen LogP contribution >= 0.6 is 0 Å². The Balaban J connectivity index is 2.58. The van der Waals surface area contributed by atoms with Crippen molar-refractivity contribution in [1.82, 2.24) is 0 Å². The topological polar surface area (TPSA) is 52.3 Å². The molecule has 15 heavy (non-hydrogen) atoms. The summed E-state index contributed by atoms with van der Waals surface area (Å²) in [6.45, 7) is 2.04. The van der Waals surface area contributed by atoms with Crippen LogP contribution in [0.5, 0.6) is 5.75 Å². The molecule has 0 aromatic heterocycles. The summed E-state index contributed by atoms with van der Waals surface area (Å²) in [5.41, 5.74) is 8.14. The quantitative estimate of drug-likeness (QED) is 0.820. The summed E-state index contributed by atoms with van der Waals surface area (Å²) in [4.78, 5) is 11.2. The molecule has 2 rings (SSSR count). The summed E-state index contributed by atoms with van der Waals surface area (Å²) in [7, 11) is 1.59. The van der Waals surface area contributed by atoms with E-state index in [1.54, 1.807) is 13.2 Å². The van der Waals surface area contributed by atoms with E-state index >= 15 is 0 Å². The number of hydrogen-bond acceptors (Lipinski definition) is 2. The first-order valence-corrected chi connectivity index (χ1v) is 5.12. The van der Waals surface area contributed by atoms with Crippen molar-refractivity contribution in [3.63, 3.8) is 0 Å². The molecule has 0 spiro atoms. The molecule has 1 saturated carbocycles. The predicted molar refractivity (Wildman–Crippen MR) is 58.2 cm³/mol. The highest BCUT2D eigenvalue weighted by atomic mass is 16.5. The molecule has 0 atom stereocenters. The molecule has 1 aliphatic carbocycles. The zero-order chi connectivity index (χ0) is 11.0. The lowest BCUT2D eigenvalue weighted by Crippen LogP contribution is -2.13. The molecule has 0 saturated heterocycles. The fourth-order valence-electron chi connectivity index (χ4n) is 1.99. The van der Waals surface area contributed by atoms with Crippen LogP contribution in [0.2, 0.25) is 0 Å². The van der Waals surface area contributed by atoms with Crippen molar-refractivity contribution in [2.45, 2.75) is 25.7 Å². The molecular weight excluding hydrogens is 190 g/mol. The van der Waals surface area contributed by atoms with Gasteiger partial charge in [-0.2, -0.15) is 0 Å². The van der Waals surface area contributed by atoms with Crippen LogP contribution in [0.3, 0.4) is 0 Å². The van der Waals surface area contributed by atoms with Gasteiger partial charge in [-0.15, -0.1) is 0 Å². The molecule has 3 nitrogen and oxygen atoms in total. The summed E-state index contributed by atoms with van der Waals surface area (Å²) in [6, 6.07) is 3.68. The van der Waals surface area contributed by atoms with Crippen molar-refractivity contribution in [1.29, 1.82) is 0 Å². The highest BCUT2D eigenvalue weighted by Crippen LogP contribution is 2.46. The fraction of sp³-hybridized carbons (Fsp3) is 0.417. The Morgan fingerprint density at radius 2 is 2.13 bits per heavy atom. The average Bonchev–Trinajstić information content (AvgIpc) is 3.00. The molecule has 2 N–H and O–H groups in total. The van der Waals surface area contributed by atoms with Crippen LogP contribution in [0.25, 0.3) is 0 Å². The lowest BCUT2D eigenvalue weighted by molar-refractivity contribution is 0.0997. The van der Waals surface area contributed by atoms with Gasteiger partial charge in [-0.25, -0.2) is 0 Å². The molecule has 0 radical (unpaired) electrons. The van der Waals surface area contributed by atoms with Gasteiger partial charge < -0.3 is 10.5 Å². The van der Waals surface area contributed by atoms with E-state index in [4.69, 9.17) is 10.5 Å². The molecule has 1 aromatic rings. The standard InChI is InChI=1S/C12H15NO2/c1-7-3-6-9(12(13)14)11(15-2)10(7)8-4-5-8/h3,6,8H,4-5H2,1-2H3,(H2,13,14). The van der Waals surface area contributed by atoms with Crippen LogP contribution in [0, 0.1) is 6.92 Å². The average molecular weight is 205 g/mol. The van der Waals surface area contributed by atoms with E-state index in [0.717, 1.165) is 5.56 Å². The number of benzene rings is 1. The van der Waals surface area contributed by atoms with E-state index in [0.29, 0.717) is 17.2 Å². The summed E-state index contributed by atoms with van der Waals surface area (Å²) in [5, 5.41) is 0. The molecule has 1 amide bonds. The number of nitrogens with two attached hydrogens (primary N) is 1. The zero-order valence-corrected chi connectivity index (χ0v) is 9.04. The second kappa shape index (κ2) is 3.57. The summed E-state index contributed by atoms with van der Waals surface area (Å²) < 4.78 is 5.32. The minimum atomic E-state index is -0.422. The highest BCUT2D eigenvalue weighted by Gasteiger charge is 2.30. The summed E-state index contributed by atoms with van der Waals surface area (Å²) in [6.07, 6.45) is 2.36. The van der Waals surface area contributed by atoms with Crippen molar-refractivity contribution in [3.05, 3.63) is 28.8 Å². The maximum atomic E-state index is 11.2. The number of primary amides is 1. The predicted octanol–water partition coefficient (Wildman–Crippen LogP) is 1.98. The van der Waals surface area contributed by atoms with Crippen LogP contribution in [0.4, 0.5) is 0 Å². The van der Waals surface area contributed by atoms with Crippen molar-refractivity contribution in [2.75, 3.05) is 7.11 Å². The van der Waals surface area contributed by atoms with Crippen LogP contribution in [-0.2, 0) is 0 Å². The highest BCUT2D eigenvalue weighted by molar-refractivity contribution is 5.96. The fourth-order valence-corrected chi connectivity index (χ4v) is 1.99. The maximum absolute atomic E-state index is 11.2. The van der Waals surface area contributed by atoms with Crippen molar-refractivity contribution in [2.24, 2.45) is 5.73 Å². The van der Waals surface area contributed by atoms with Crippen molar-refractivity contribution >= 4 is 5.91 Å². The molecule has 80 valence electrons. The van der Waals surface area contributed by atoms with Gasteiger partial charge in [-0.05, 0) is 37.3 Å². The van der Waals surface area contributed by atoms with Gasteiger partial charge in [-0.3, -0.25) is 4.79 Å². The Hall–Kier alpha value is -1.51. The van der Waals surface area contributed by atoms with E-state index in [1.807, 2.05) is 13.0 Å². The Morgan fingerprint density at radius 1 is 1.47 bits per heavy atom. The Morgan fingerprint density at radius 3 is 2.60 bits per heavy atom. The van der Waals surface area contributed by atoms with Crippen LogP contribution < -0.4 is 10.5 Å². The van der Waals surface area contributed by atoms with E-state index in [9.17, 15) is 4.79 Å². The maximum Gasteiger partial charge on any atom is 0.252 e.